The molecular weight excluding hydrogens is 293 g/mol. The molecule has 0 aliphatic rings. The molecule has 1 atom stereocenters. The summed E-state index contributed by atoms with van der Waals surface area (Å²) in [5.41, 5.74) is -0.255. The lowest BCUT2D eigenvalue weighted by atomic mass is 9.76. The molecule has 1 unspecified atom stereocenters. The minimum atomic E-state index is -0.922. The van der Waals surface area contributed by atoms with Crippen LogP contribution in [0.25, 0.3) is 0 Å². The maximum Gasteiger partial charge on any atom is 0.107 e. The molecule has 0 bridgehead atoms. The zero-order valence-electron chi connectivity index (χ0n) is 10.5. The van der Waals surface area contributed by atoms with Gasteiger partial charge in [0.2, 0.25) is 0 Å². The van der Waals surface area contributed by atoms with Crippen molar-refractivity contribution in [2.75, 3.05) is 0 Å². The molecule has 1 heterocycles. The summed E-state index contributed by atoms with van der Waals surface area (Å²) in [6.45, 7) is 0. The lowest BCUT2D eigenvalue weighted by Gasteiger charge is -2.25. The minimum absolute atomic E-state index is 0.242. The number of imidazole rings is 1. The number of terminal acetylenes is 1. The summed E-state index contributed by atoms with van der Waals surface area (Å²) in [7, 11) is 0. The van der Waals surface area contributed by atoms with Crippen molar-refractivity contribution in [1.29, 1.82) is 5.26 Å². The van der Waals surface area contributed by atoms with E-state index in [1.165, 1.54) is 0 Å². The van der Waals surface area contributed by atoms with Crippen molar-refractivity contribution in [3.63, 3.8) is 0 Å². The van der Waals surface area contributed by atoms with E-state index in [9.17, 15) is 5.26 Å². The third-order valence-corrected chi connectivity index (χ3v) is 3.64. The topological polar surface area (TPSA) is 52.5 Å². The van der Waals surface area contributed by atoms with E-state index >= 15 is 0 Å². The highest BCUT2D eigenvalue weighted by Crippen LogP contribution is 2.36. The van der Waals surface area contributed by atoms with Gasteiger partial charge < -0.3 is 4.98 Å². The number of benzene rings is 1. The summed E-state index contributed by atoms with van der Waals surface area (Å²) in [5.74, 6) is 3.24. The first-order valence-electron chi connectivity index (χ1n) is 5.90. The first kappa shape index (κ1) is 14.5. The van der Waals surface area contributed by atoms with Crippen molar-refractivity contribution >= 4 is 23.2 Å². The number of aromatic amines is 1. The highest BCUT2D eigenvalue weighted by Gasteiger charge is 2.35. The maximum atomic E-state index is 9.67. The lowest BCUT2D eigenvalue weighted by molar-refractivity contribution is 0.547. The minimum Gasteiger partial charge on any atom is -0.349 e. The van der Waals surface area contributed by atoms with Gasteiger partial charge in [0, 0.05) is 35.3 Å². The first-order chi connectivity index (χ1) is 9.61. The Labute approximate surface area is 127 Å². The molecule has 100 valence electrons. The number of halogens is 2. The van der Waals surface area contributed by atoms with Gasteiger partial charge in [0.1, 0.15) is 11.2 Å². The fraction of sp³-hybridized carbons (Fsp3) is 0.200. The van der Waals surface area contributed by atoms with Gasteiger partial charge in [-0.25, -0.2) is 4.98 Å². The molecular formula is C15H11Cl2N3. The van der Waals surface area contributed by atoms with Crippen LogP contribution in [0.2, 0.25) is 10.0 Å². The largest absolute Gasteiger partial charge is 0.349 e. The molecule has 1 aromatic carbocycles. The second-order valence-electron chi connectivity index (χ2n) is 4.41. The quantitative estimate of drug-likeness (QED) is 0.875. The van der Waals surface area contributed by atoms with Crippen LogP contribution in [-0.2, 0) is 11.8 Å². The van der Waals surface area contributed by atoms with Gasteiger partial charge in [-0.05, 0) is 17.7 Å². The molecule has 2 aromatic rings. The molecule has 0 radical (unpaired) electrons. The molecule has 0 fully saturated rings. The van der Waals surface area contributed by atoms with E-state index < -0.39 is 5.41 Å². The Morgan fingerprint density at radius 3 is 2.75 bits per heavy atom. The van der Waals surface area contributed by atoms with Gasteiger partial charge in [0.05, 0.1) is 6.07 Å². The molecule has 20 heavy (non-hydrogen) atoms. The number of nitriles is 1. The lowest BCUT2D eigenvalue weighted by Crippen LogP contribution is -2.27. The van der Waals surface area contributed by atoms with E-state index in [0.29, 0.717) is 27.9 Å². The zero-order valence-corrected chi connectivity index (χ0v) is 12.0. The van der Waals surface area contributed by atoms with E-state index in [4.69, 9.17) is 29.6 Å². The summed E-state index contributed by atoms with van der Waals surface area (Å²) in [6.07, 6.45) is 9.38. The van der Waals surface area contributed by atoms with Crippen molar-refractivity contribution in [3.05, 3.63) is 52.0 Å². The number of rotatable bonds is 4. The van der Waals surface area contributed by atoms with Crippen LogP contribution in [-0.4, -0.2) is 9.97 Å². The number of H-pyrrole nitrogens is 1. The van der Waals surface area contributed by atoms with Crippen molar-refractivity contribution in [2.24, 2.45) is 0 Å². The molecule has 0 amide bonds. The fourth-order valence-electron chi connectivity index (χ4n) is 2.12. The predicted octanol–water partition coefficient (Wildman–Crippen LogP) is 3.74. The van der Waals surface area contributed by atoms with Gasteiger partial charge in [-0.15, -0.1) is 12.3 Å². The van der Waals surface area contributed by atoms with Gasteiger partial charge in [0.15, 0.2) is 0 Å². The van der Waals surface area contributed by atoms with E-state index in [1.807, 2.05) is 0 Å². The fourth-order valence-corrected chi connectivity index (χ4v) is 2.71. The standard InChI is InChI=1S/C15H11Cl2N3/c1-2-5-15(10-18,9-14-19-6-7-20-14)12-4-3-11(16)8-13(12)17/h1,3-4,6-8H,5,9H2,(H,19,20). The third-order valence-electron chi connectivity index (χ3n) is 3.09. The number of nitrogens with one attached hydrogen (secondary N) is 1. The van der Waals surface area contributed by atoms with Crippen LogP contribution >= 0.6 is 23.2 Å². The van der Waals surface area contributed by atoms with E-state index in [0.717, 1.165) is 0 Å². The summed E-state index contributed by atoms with van der Waals surface area (Å²) in [5, 5.41) is 10.6. The normalized spacial score (nSPS) is 13.2. The third kappa shape index (κ3) is 2.80. The molecule has 0 aliphatic carbocycles. The summed E-state index contributed by atoms with van der Waals surface area (Å²) in [4.78, 5) is 7.15. The Kier molecular flexibility index (Phi) is 4.35. The predicted molar refractivity (Wildman–Crippen MR) is 79.5 cm³/mol. The molecule has 1 N–H and O–H groups in total. The maximum absolute atomic E-state index is 9.67. The number of aromatic nitrogens is 2. The molecule has 0 aliphatic heterocycles. The summed E-state index contributed by atoms with van der Waals surface area (Å²) in [6, 6.07) is 7.36. The molecule has 5 heteroatoms. The number of hydrogen-bond acceptors (Lipinski definition) is 2. The van der Waals surface area contributed by atoms with Gasteiger partial charge in [-0.1, -0.05) is 29.3 Å². The van der Waals surface area contributed by atoms with Gasteiger partial charge in [0.25, 0.3) is 0 Å². The summed E-state index contributed by atoms with van der Waals surface area (Å²) < 4.78 is 0. The van der Waals surface area contributed by atoms with Crippen LogP contribution in [0.3, 0.4) is 0 Å². The average molecular weight is 304 g/mol. The van der Waals surface area contributed by atoms with Crippen molar-refractivity contribution in [1.82, 2.24) is 9.97 Å². The van der Waals surface area contributed by atoms with Crippen LogP contribution in [0.4, 0.5) is 0 Å². The summed E-state index contributed by atoms with van der Waals surface area (Å²) >= 11 is 12.1. The van der Waals surface area contributed by atoms with Crippen molar-refractivity contribution in [2.45, 2.75) is 18.3 Å². The smallest absolute Gasteiger partial charge is 0.107 e. The molecule has 0 spiro atoms. The van der Waals surface area contributed by atoms with Crippen LogP contribution < -0.4 is 0 Å². The Morgan fingerprint density at radius 2 is 2.20 bits per heavy atom. The van der Waals surface area contributed by atoms with Gasteiger partial charge in [-0.2, -0.15) is 5.26 Å². The van der Waals surface area contributed by atoms with Crippen molar-refractivity contribution in [3.8, 4) is 18.4 Å². The molecule has 2 rings (SSSR count). The first-order valence-corrected chi connectivity index (χ1v) is 6.65. The Morgan fingerprint density at radius 1 is 1.40 bits per heavy atom. The molecule has 0 saturated heterocycles. The molecule has 3 nitrogen and oxygen atoms in total. The SMILES string of the molecule is C#CCC(C#N)(Cc1ncc[nH]1)c1ccc(Cl)cc1Cl. The molecule has 1 aromatic heterocycles. The monoisotopic (exact) mass is 303 g/mol. The number of hydrogen-bond donors (Lipinski definition) is 1. The molecule has 0 saturated carbocycles. The Bertz CT molecular complexity index is 680. The highest BCUT2D eigenvalue weighted by molar-refractivity contribution is 6.35. The van der Waals surface area contributed by atoms with Gasteiger partial charge in [-0.3, -0.25) is 0 Å². The van der Waals surface area contributed by atoms with Crippen LogP contribution in [0.1, 0.15) is 17.8 Å². The number of nitrogens with zero attached hydrogens (tertiary/aromatic N) is 2. The highest BCUT2D eigenvalue weighted by atomic mass is 35.5. The second-order valence-corrected chi connectivity index (χ2v) is 5.26. The second kappa shape index (κ2) is 6.01. The van der Waals surface area contributed by atoms with Crippen LogP contribution in [0.15, 0.2) is 30.6 Å². The van der Waals surface area contributed by atoms with E-state index in [-0.39, 0.29) is 6.42 Å². The van der Waals surface area contributed by atoms with Gasteiger partial charge >= 0.3 is 0 Å². The van der Waals surface area contributed by atoms with E-state index in [2.05, 4.69) is 22.0 Å². The Balaban J connectivity index is 2.51. The zero-order chi connectivity index (χ0) is 14.6. The van der Waals surface area contributed by atoms with Crippen molar-refractivity contribution < 1.29 is 0 Å². The van der Waals surface area contributed by atoms with Crippen LogP contribution in [0, 0.1) is 23.7 Å². The average Bonchev–Trinajstić information content (AvgIpc) is 2.91. The van der Waals surface area contributed by atoms with E-state index in [1.54, 1.807) is 30.6 Å². The Hall–Kier alpha value is -1.94. The van der Waals surface area contributed by atoms with Crippen LogP contribution in [0.5, 0.6) is 0 Å².